The molecule has 1 fully saturated rings. The van der Waals surface area contributed by atoms with Crippen molar-refractivity contribution in [3.63, 3.8) is 0 Å². The molecule has 1 atom stereocenters. The third-order valence-corrected chi connectivity index (χ3v) is 4.40. The molecule has 0 radical (unpaired) electrons. The molecule has 1 amide bonds. The number of halogens is 1. The molecule has 1 saturated heterocycles. The van der Waals surface area contributed by atoms with E-state index in [0.717, 1.165) is 19.5 Å². The summed E-state index contributed by atoms with van der Waals surface area (Å²) in [5.74, 6) is 0.643. The van der Waals surface area contributed by atoms with Gasteiger partial charge in [-0.3, -0.25) is 9.69 Å². The Morgan fingerprint density at radius 1 is 1.20 bits per heavy atom. The Labute approximate surface area is 147 Å². The third kappa shape index (κ3) is 5.29. The zero-order chi connectivity index (χ0) is 17.5. The number of rotatable bonds is 7. The fourth-order valence-electron chi connectivity index (χ4n) is 3.15. The molecule has 0 aromatic heterocycles. The van der Waals surface area contributed by atoms with Crippen LogP contribution < -0.4 is 10.1 Å². The number of nitrogens with zero attached hydrogens (tertiary/aromatic N) is 1. The molecule has 2 aromatic rings. The van der Waals surface area contributed by atoms with E-state index in [1.807, 2.05) is 6.07 Å². The first kappa shape index (κ1) is 17.4. The highest BCUT2D eigenvalue weighted by Crippen LogP contribution is 2.26. The molecule has 0 bridgehead atoms. The summed E-state index contributed by atoms with van der Waals surface area (Å²) in [5, 5.41) is 2.85. The topological polar surface area (TPSA) is 41.6 Å². The van der Waals surface area contributed by atoms with Crippen LogP contribution in [0.3, 0.4) is 0 Å². The summed E-state index contributed by atoms with van der Waals surface area (Å²) >= 11 is 0. The van der Waals surface area contributed by atoms with Gasteiger partial charge in [-0.05, 0) is 36.6 Å². The fourth-order valence-corrected chi connectivity index (χ4v) is 3.15. The Morgan fingerprint density at radius 2 is 2.04 bits per heavy atom. The molecule has 5 heteroatoms. The van der Waals surface area contributed by atoms with Crippen molar-refractivity contribution in [1.29, 1.82) is 0 Å². The summed E-state index contributed by atoms with van der Waals surface area (Å²) in [5.41, 5.74) is 1.34. The number of carbonyl (C=O) groups is 1. The van der Waals surface area contributed by atoms with Gasteiger partial charge in [0.25, 0.3) is 0 Å². The van der Waals surface area contributed by atoms with E-state index < -0.39 is 0 Å². The van der Waals surface area contributed by atoms with Crippen LogP contribution in [0.5, 0.6) is 5.75 Å². The fraction of sp³-hybridized carbons (Fsp3) is 0.350. The van der Waals surface area contributed by atoms with Crippen LogP contribution in [0.25, 0.3) is 0 Å². The predicted octanol–water partition coefficient (Wildman–Crippen LogP) is 2.81. The van der Waals surface area contributed by atoms with Crippen LogP contribution in [0.4, 0.5) is 4.39 Å². The molecule has 1 aliphatic rings. The first-order chi connectivity index (χ1) is 12.2. The van der Waals surface area contributed by atoms with Crippen LogP contribution in [0.15, 0.2) is 54.6 Å². The normalized spacial score (nSPS) is 17.4. The number of carbonyl (C=O) groups excluding carboxylic acids is 1. The van der Waals surface area contributed by atoms with Gasteiger partial charge >= 0.3 is 0 Å². The van der Waals surface area contributed by atoms with Crippen LogP contribution in [-0.4, -0.2) is 43.6 Å². The van der Waals surface area contributed by atoms with Gasteiger partial charge in [-0.1, -0.05) is 36.4 Å². The molecule has 0 saturated carbocycles. The number of hydrogen-bond donors (Lipinski definition) is 1. The first-order valence-corrected chi connectivity index (χ1v) is 8.63. The minimum Gasteiger partial charge on any atom is -0.492 e. The Balaban J connectivity index is 1.34. The SMILES string of the molecule is O=C(CN1CCC(c2ccccc2)C1)NCCOc1cccc(F)c1. The van der Waals surface area contributed by atoms with Gasteiger partial charge < -0.3 is 10.1 Å². The minimum atomic E-state index is -0.330. The quantitative estimate of drug-likeness (QED) is 0.787. The largest absolute Gasteiger partial charge is 0.492 e. The van der Waals surface area contributed by atoms with Crippen molar-refractivity contribution >= 4 is 5.91 Å². The van der Waals surface area contributed by atoms with E-state index in [1.54, 1.807) is 12.1 Å². The minimum absolute atomic E-state index is 0.00319. The predicted molar refractivity (Wildman–Crippen MR) is 95.1 cm³/mol. The molecule has 4 nitrogen and oxygen atoms in total. The van der Waals surface area contributed by atoms with Gasteiger partial charge in [0.1, 0.15) is 18.2 Å². The molecule has 2 aromatic carbocycles. The number of hydrogen-bond acceptors (Lipinski definition) is 3. The molecular formula is C20H23FN2O2. The third-order valence-electron chi connectivity index (χ3n) is 4.40. The molecule has 1 unspecified atom stereocenters. The average molecular weight is 342 g/mol. The maximum absolute atomic E-state index is 13.0. The molecule has 0 spiro atoms. The van der Waals surface area contributed by atoms with E-state index >= 15 is 0 Å². The second-order valence-corrected chi connectivity index (χ2v) is 6.29. The molecular weight excluding hydrogens is 319 g/mol. The van der Waals surface area contributed by atoms with Crippen LogP contribution in [-0.2, 0) is 4.79 Å². The smallest absolute Gasteiger partial charge is 0.234 e. The Morgan fingerprint density at radius 3 is 2.84 bits per heavy atom. The zero-order valence-electron chi connectivity index (χ0n) is 14.2. The maximum Gasteiger partial charge on any atom is 0.234 e. The number of ether oxygens (including phenoxy) is 1. The van der Waals surface area contributed by atoms with E-state index in [1.165, 1.54) is 17.7 Å². The van der Waals surface area contributed by atoms with Crippen molar-refractivity contribution < 1.29 is 13.9 Å². The van der Waals surface area contributed by atoms with E-state index in [4.69, 9.17) is 4.74 Å². The first-order valence-electron chi connectivity index (χ1n) is 8.63. The molecule has 0 aliphatic carbocycles. The maximum atomic E-state index is 13.0. The van der Waals surface area contributed by atoms with Gasteiger partial charge in [-0.25, -0.2) is 4.39 Å². The number of nitrogens with one attached hydrogen (secondary N) is 1. The van der Waals surface area contributed by atoms with Gasteiger partial charge in [0.05, 0.1) is 13.1 Å². The standard InChI is InChI=1S/C20H23FN2O2/c21-18-7-4-8-19(13-18)25-12-10-22-20(24)15-23-11-9-17(14-23)16-5-2-1-3-6-16/h1-8,13,17H,9-12,14-15H2,(H,22,24). The highest BCUT2D eigenvalue weighted by Gasteiger charge is 2.24. The van der Waals surface area contributed by atoms with Gasteiger partial charge in [0.15, 0.2) is 0 Å². The molecule has 25 heavy (non-hydrogen) atoms. The Bertz CT molecular complexity index is 693. The van der Waals surface area contributed by atoms with Crippen LogP contribution in [0, 0.1) is 5.82 Å². The van der Waals surface area contributed by atoms with Crippen LogP contribution in [0.2, 0.25) is 0 Å². The van der Waals surface area contributed by atoms with Gasteiger partial charge in [-0.15, -0.1) is 0 Å². The van der Waals surface area contributed by atoms with Crippen molar-refractivity contribution in [3.8, 4) is 5.75 Å². The summed E-state index contributed by atoms with van der Waals surface area (Å²) in [6, 6.07) is 16.4. The molecule has 132 valence electrons. The van der Waals surface area contributed by atoms with Gasteiger partial charge in [0.2, 0.25) is 5.91 Å². The van der Waals surface area contributed by atoms with Gasteiger partial charge in [0, 0.05) is 12.6 Å². The second kappa shape index (κ2) is 8.62. The summed E-state index contributed by atoms with van der Waals surface area (Å²) in [7, 11) is 0. The number of benzene rings is 2. The van der Waals surface area contributed by atoms with Crippen molar-refractivity contribution in [3.05, 3.63) is 66.0 Å². The molecule has 1 N–H and O–H groups in total. The molecule has 3 rings (SSSR count). The van der Waals surface area contributed by atoms with Gasteiger partial charge in [-0.2, -0.15) is 0 Å². The lowest BCUT2D eigenvalue weighted by atomic mass is 9.99. The monoisotopic (exact) mass is 342 g/mol. The van der Waals surface area contributed by atoms with E-state index in [2.05, 4.69) is 34.5 Å². The van der Waals surface area contributed by atoms with Crippen molar-refractivity contribution in [2.45, 2.75) is 12.3 Å². The number of likely N-dealkylation sites (tertiary alicyclic amines) is 1. The summed E-state index contributed by atoms with van der Waals surface area (Å²) in [6.07, 6.45) is 1.08. The van der Waals surface area contributed by atoms with Crippen molar-refractivity contribution in [2.75, 3.05) is 32.8 Å². The lowest BCUT2D eigenvalue weighted by molar-refractivity contribution is -0.122. The summed E-state index contributed by atoms with van der Waals surface area (Å²) in [6.45, 7) is 2.99. The Hall–Kier alpha value is -2.40. The molecule has 1 aliphatic heterocycles. The average Bonchev–Trinajstić information content (AvgIpc) is 3.08. The summed E-state index contributed by atoms with van der Waals surface area (Å²) < 4.78 is 18.4. The molecule has 1 heterocycles. The van der Waals surface area contributed by atoms with Crippen LogP contribution >= 0.6 is 0 Å². The summed E-state index contributed by atoms with van der Waals surface area (Å²) in [4.78, 5) is 14.2. The van der Waals surface area contributed by atoms with E-state index in [0.29, 0.717) is 31.4 Å². The lowest BCUT2D eigenvalue weighted by Crippen LogP contribution is -2.37. The van der Waals surface area contributed by atoms with Crippen molar-refractivity contribution in [1.82, 2.24) is 10.2 Å². The highest BCUT2D eigenvalue weighted by molar-refractivity contribution is 5.78. The second-order valence-electron chi connectivity index (χ2n) is 6.29. The highest BCUT2D eigenvalue weighted by atomic mass is 19.1. The Kier molecular flexibility index (Phi) is 6.01. The number of amides is 1. The van der Waals surface area contributed by atoms with Crippen LogP contribution in [0.1, 0.15) is 17.9 Å². The zero-order valence-corrected chi connectivity index (χ0v) is 14.2. The van der Waals surface area contributed by atoms with E-state index in [-0.39, 0.29) is 11.7 Å². The van der Waals surface area contributed by atoms with E-state index in [9.17, 15) is 9.18 Å². The van der Waals surface area contributed by atoms with Crippen molar-refractivity contribution in [2.24, 2.45) is 0 Å². The lowest BCUT2D eigenvalue weighted by Gasteiger charge is -2.16.